The Labute approximate surface area is 224 Å². The van der Waals surface area contributed by atoms with Crippen molar-refractivity contribution in [2.45, 2.75) is 37.6 Å². The number of hydrogen-bond acceptors (Lipinski definition) is 4. The lowest BCUT2D eigenvalue weighted by Gasteiger charge is -2.32. The van der Waals surface area contributed by atoms with Crippen LogP contribution in [0.3, 0.4) is 0 Å². The molecule has 2 aromatic rings. The van der Waals surface area contributed by atoms with Gasteiger partial charge in [0.25, 0.3) is 5.91 Å². The summed E-state index contributed by atoms with van der Waals surface area (Å²) in [5, 5.41) is 5.54. The van der Waals surface area contributed by atoms with Gasteiger partial charge in [0.1, 0.15) is 6.54 Å². The normalized spacial score (nSPS) is 20.8. The molecule has 3 aliphatic heterocycles. The summed E-state index contributed by atoms with van der Waals surface area (Å²) in [6, 6.07) is 13.1. The maximum absolute atomic E-state index is 13.7. The first-order chi connectivity index (χ1) is 18.6. The Balaban J connectivity index is 1.23. The van der Waals surface area contributed by atoms with Crippen molar-refractivity contribution in [1.29, 1.82) is 0 Å². The zero-order valence-corrected chi connectivity index (χ0v) is 21.5. The lowest BCUT2D eigenvalue weighted by atomic mass is 9.92. The Hall–Kier alpha value is -3.86. The van der Waals surface area contributed by atoms with Crippen LogP contribution in [0.5, 0.6) is 0 Å². The average Bonchev–Trinajstić information content (AvgIpc) is 3.23. The van der Waals surface area contributed by atoms with E-state index in [-0.39, 0.29) is 36.2 Å². The van der Waals surface area contributed by atoms with Gasteiger partial charge in [-0.3, -0.25) is 19.4 Å². The molecule has 11 heteroatoms. The molecular weight excluding hydrogens is 511 g/mol. The number of alkyl halides is 3. The molecule has 0 radical (unpaired) electrons. The van der Waals surface area contributed by atoms with Crippen LogP contribution in [0.1, 0.15) is 35.6 Å². The van der Waals surface area contributed by atoms with Crippen LogP contribution in [-0.4, -0.2) is 71.8 Å². The molecule has 0 aliphatic carbocycles. The number of piperidine rings is 1. The summed E-state index contributed by atoms with van der Waals surface area (Å²) in [4.78, 5) is 43.7. The molecule has 2 aromatic carbocycles. The summed E-state index contributed by atoms with van der Waals surface area (Å²) >= 11 is 0. The van der Waals surface area contributed by atoms with Crippen LogP contribution in [0.15, 0.2) is 65.9 Å². The van der Waals surface area contributed by atoms with Crippen LogP contribution in [0.2, 0.25) is 0 Å². The molecule has 0 aromatic heterocycles. The summed E-state index contributed by atoms with van der Waals surface area (Å²) in [6.45, 7) is 2.23. The van der Waals surface area contributed by atoms with Gasteiger partial charge in [-0.05, 0) is 30.0 Å². The van der Waals surface area contributed by atoms with E-state index in [2.05, 4.69) is 27.7 Å². The molecule has 0 bridgehead atoms. The van der Waals surface area contributed by atoms with E-state index in [9.17, 15) is 27.6 Å². The third-order valence-corrected chi connectivity index (χ3v) is 7.55. The number of nitrogens with zero attached hydrogens (tertiary/aromatic N) is 3. The van der Waals surface area contributed by atoms with Crippen molar-refractivity contribution >= 4 is 17.8 Å². The van der Waals surface area contributed by atoms with E-state index < -0.39 is 29.7 Å². The fourth-order valence-electron chi connectivity index (χ4n) is 5.51. The van der Waals surface area contributed by atoms with E-state index in [4.69, 9.17) is 0 Å². The van der Waals surface area contributed by atoms with Gasteiger partial charge in [-0.15, -0.1) is 0 Å². The number of likely N-dealkylation sites (N-methyl/N-ethyl adjacent to an activating group) is 1. The lowest BCUT2D eigenvalue weighted by Crippen LogP contribution is -2.47. The first-order valence-corrected chi connectivity index (χ1v) is 12.9. The van der Waals surface area contributed by atoms with Gasteiger partial charge in [0.15, 0.2) is 0 Å². The van der Waals surface area contributed by atoms with Crippen molar-refractivity contribution in [2.75, 3.05) is 33.2 Å². The van der Waals surface area contributed by atoms with Gasteiger partial charge in [0.2, 0.25) is 5.91 Å². The number of rotatable bonds is 6. The van der Waals surface area contributed by atoms with Gasteiger partial charge < -0.3 is 15.5 Å². The molecule has 2 N–H and O–H groups in total. The van der Waals surface area contributed by atoms with Crippen LogP contribution in [-0.2, 0) is 22.3 Å². The number of carbonyl (C=O) groups is 3. The number of hydrogen-bond donors (Lipinski definition) is 2. The molecular formula is C28H30F3N5O3. The highest BCUT2D eigenvalue weighted by Crippen LogP contribution is 2.41. The number of nitrogens with one attached hydrogen (secondary N) is 2. The van der Waals surface area contributed by atoms with Gasteiger partial charge in [0, 0.05) is 32.7 Å². The molecule has 1 saturated heterocycles. The molecule has 1 atom stereocenters. The quantitative estimate of drug-likeness (QED) is 0.588. The SMILES string of the molecule is CN1C(=O)N[C@@H](c2ccccc2C(F)(F)F)C2=C1CN(CC(=O)NC1CCN(Cc3ccccc3)CC1)C2=O. The van der Waals surface area contributed by atoms with Gasteiger partial charge in [0.05, 0.1) is 29.4 Å². The second kappa shape index (κ2) is 10.7. The molecule has 0 saturated carbocycles. The minimum atomic E-state index is -4.66. The standard InChI is InChI=1S/C28H30F3N5O3/c1-34-22-16-36(17-23(37)32-19-11-13-35(14-12-19)15-18-7-3-2-4-8-18)26(38)24(22)25(33-27(34)39)20-9-5-6-10-21(20)28(29,30)31/h2-10,19,25H,11-17H2,1H3,(H,32,37)(H,33,39)/t25-/m0/s1. The topological polar surface area (TPSA) is 85.0 Å². The highest BCUT2D eigenvalue weighted by molar-refractivity contribution is 6.03. The van der Waals surface area contributed by atoms with Crippen molar-refractivity contribution in [3.05, 3.63) is 82.6 Å². The van der Waals surface area contributed by atoms with Gasteiger partial charge >= 0.3 is 12.2 Å². The highest BCUT2D eigenvalue weighted by Gasteiger charge is 2.46. The summed E-state index contributed by atoms with van der Waals surface area (Å²) in [7, 11) is 1.45. The highest BCUT2D eigenvalue weighted by atomic mass is 19.4. The third kappa shape index (κ3) is 5.63. The van der Waals surface area contributed by atoms with Crippen molar-refractivity contribution < 1.29 is 27.6 Å². The summed E-state index contributed by atoms with van der Waals surface area (Å²) in [6.07, 6.45) is -3.11. The van der Waals surface area contributed by atoms with Gasteiger partial charge in [-0.25, -0.2) is 4.79 Å². The van der Waals surface area contributed by atoms with Crippen LogP contribution in [0.25, 0.3) is 0 Å². The van der Waals surface area contributed by atoms with Crippen molar-refractivity contribution in [3.63, 3.8) is 0 Å². The van der Waals surface area contributed by atoms with Crippen LogP contribution < -0.4 is 10.6 Å². The second-order valence-corrected chi connectivity index (χ2v) is 10.2. The van der Waals surface area contributed by atoms with E-state index in [1.165, 1.54) is 40.6 Å². The maximum atomic E-state index is 13.7. The van der Waals surface area contributed by atoms with Crippen LogP contribution >= 0.6 is 0 Å². The van der Waals surface area contributed by atoms with Crippen LogP contribution in [0, 0.1) is 0 Å². The summed E-state index contributed by atoms with van der Waals surface area (Å²) in [5.74, 6) is -0.898. The second-order valence-electron chi connectivity index (χ2n) is 10.2. The molecule has 8 nitrogen and oxygen atoms in total. The number of likely N-dealkylation sites (tertiary alicyclic amines) is 1. The summed E-state index contributed by atoms with van der Waals surface area (Å²) in [5.41, 5.74) is 0.455. The Bertz CT molecular complexity index is 1290. The Morgan fingerprint density at radius 3 is 2.38 bits per heavy atom. The molecule has 206 valence electrons. The van der Waals surface area contributed by atoms with E-state index in [0.29, 0.717) is 5.70 Å². The predicted octanol–water partition coefficient (Wildman–Crippen LogP) is 3.28. The predicted molar refractivity (Wildman–Crippen MR) is 137 cm³/mol. The van der Waals surface area contributed by atoms with Crippen molar-refractivity contribution in [3.8, 4) is 0 Å². The smallest absolute Gasteiger partial charge is 0.352 e. The Morgan fingerprint density at radius 1 is 1.03 bits per heavy atom. The Kier molecular flexibility index (Phi) is 7.35. The first-order valence-electron chi connectivity index (χ1n) is 12.9. The molecule has 5 rings (SSSR count). The minimum Gasteiger partial charge on any atom is -0.352 e. The molecule has 0 unspecified atom stereocenters. The number of carbonyl (C=O) groups excluding carboxylic acids is 3. The van der Waals surface area contributed by atoms with E-state index >= 15 is 0 Å². The average molecular weight is 542 g/mol. The number of urea groups is 1. The number of halogens is 3. The van der Waals surface area contributed by atoms with Crippen LogP contribution in [0.4, 0.5) is 18.0 Å². The molecule has 1 fully saturated rings. The lowest BCUT2D eigenvalue weighted by molar-refractivity contribution is -0.138. The van der Waals surface area contributed by atoms with Gasteiger partial charge in [-0.2, -0.15) is 13.2 Å². The largest absolute Gasteiger partial charge is 0.416 e. The molecule has 39 heavy (non-hydrogen) atoms. The fraction of sp³-hybridized carbons (Fsp3) is 0.393. The molecule has 0 spiro atoms. The minimum absolute atomic E-state index is 0.0258. The van der Waals surface area contributed by atoms with Crippen molar-refractivity contribution in [1.82, 2.24) is 25.3 Å². The number of amides is 4. The number of benzene rings is 2. The zero-order chi connectivity index (χ0) is 27.7. The fourth-order valence-corrected chi connectivity index (χ4v) is 5.51. The third-order valence-electron chi connectivity index (χ3n) is 7.55. The van der Waals surface area contributed by atoms with E-state index in [1.54, 1.807) is 0 Å². The van der Waals surface area contributed by atoms with E-state index in [1.807, 2.05) is 18.2 Å². The summed E-state index contributed by atoms with van der Waals surface area (Å²) < 4.78 is 41.2. The monoisotopic (exact) mass is 541 g/mol. The van der Waals surface area contributed by atoms with Gasteiger partial charge in [-0.1, -0.05) is 48.5 Å². The first kappa shape index (κ1) is 26.7. The maximum Gasteiger partial charge on any atom is 0.416 e. The van der Waals surface area contributed by atoms with Crippen molar-refractivity contribution in [2.24, 2.45) is 0 Å². The molecule has 3 aliphatic rings. The molecule has 4 amide bonds. The molecule has 3 heterocycles. The van der Waals surface area contributed by atoms with E-state index in [0.717, 1.165) is 38.5 Å². The Morgan fingerprint density at radius 2 is 1.69 bits per heavy atom. The zero-order valence-electron chi connectivity index (χ0n) is 21.5.